The molecule has 0 nitrogen and oxygen atoms in total. The van der Waals surface area contributed by atoms with Crippen LogP contribution in [-0.2, 0) is 0 Å². The number of rotatable bonds is 9. The van der Waals surface area contributed by atoms with Crippen molar-refractivity contribution < 1.29 is 0 Å². The summed E-state index contributed by atoms with van der Waals surface area (Å²) in [6.45, 7) is 17.3. The molecule has 0 spiro atoms. The van der Waals surface area contributed by atoms with Gasteiger partial charge in [0, 0.05) is 0 Å². The first kappa shape index (κ1) is 19.0. The van der Waals surface area contributed by atoms with Crippen molar-refractivity contribution in [3.63, 3.8) is 0 Å². The van der Waals surface area contributed by atoms with Crippen molar-refractivity contribution in [1.82, 2.24) is 0 Å². The Hall–Kier alpha value is -1.04. The zero-order valence-electron chi connectivity index (χ0n) is 14.6. The molecular formula is C20H34. The normalized spacial score (nSPS) is 14.4. The maximum atomic E-state index is 4.03. The van der Waals surface area contributed by atoms with E-state index in [1.54, 1.807) is 0 Å². The predicted octanol–water partition coefficient (Wildman–Crippen LogP) is 7.01. The van der Waals surface area contributed by atoms with Gasteiger partial charge in [0.1, 0.15) is 0 Å². The predicted molar refractivity (Wildman–Crippen MR) is 94.0 cm³/mol. The van der Waals surface area contributed by atoms with Crippen LogP contribution in [-0.4, -0.2) is 0 Å². The minimum Gasteiger partial charge on any atom is -0.103 e. The molecule has 0 fully saturated rings. The largest absolute Gasteiger partial charge is 0.103 e. The van der Waals surface area contributed by atoms with E-state index in [2.05, 4.69) is 72.4 Å². The molecule has 0 amide bonds. The van der Waals surface area contributed by atoms with Crippen LogP contribution < -0.4 is 0 Å². The topological polar surface area (TPSA) is 0 Å². The van der Waals surface area contributed by atoms with Crippen molar-refractivity contribution >= 4 is 0 Å². The standard InChI is InChI=1S/C20H34/c1-8-20(7,15-10-12-18(4)5)16-14-19(6)13-9-11-17(2)3/h8,11-12,14H,1,9-10,13,15-16H2,2-7H3/b19-14-. The molecule has 0 aliphatic carbocycles. The van der Waals surface area contributed by atoms with Gasteiger partial charge < -0.3 is 0 Å². The SMILES string of the molecule is C=CC(C)(C/C=C(/C)CCC=C(C)C)CCC=C(C)C. The van der Waals surface area contributed by atoms with E-state index in [1.165, 1.54) is 29.6 Å². The van der Waals surface area contributed by atoms with E-state index in [0.717, 1.165) is 19.3 Å². The second kappa shape index (κ2) is 9.80. The first-order chi connectivity index (χ1) is 9.29. The van der Waals surface area contributed by atoms with Gasteiger partial charge in [0.15, 0.2) is 0 Å². The van der Waals surface area contributed by atoms with E-state index in [-0.39, 0.29) is 5.41 Å². The highest BCUT2D eigenvalue weighted by molar-refractivity contribution is 5.07. The zero-order valence-corrected chi connectivity index (χ0v) is 14.6. The first-order valence-corrected chi connectivity index (χ1v) is 7.85. The molecular weight excluding hydrogens is 240 g/mol. The van der Waals surface area contributed by atoms with Crippen LogP contribution in [0.25, 0.3) is 0 Å². The molecule has 0 N–H and O–H groups in total. The molecule has 0 aromatic heterocycles. The third-order valence-electron chi connectivity index (χ3n) is 3.77. The average Bonchev–Trinajstić information content (AvgIpc) is 2.35. The van der Waals surface area contributed by atoms with Crippen molar-refractivity contribution in [2.24, 2.45) is 5.41 Å². The summed E-state index contributed by atoms with van der Waals surface area (Å²) < 4.78 is 0. The average molecular weight is 274 g/mol. The lowest BCUT2D eigenvalue weighted by Crippen LogP contribution is -2.11. The van der Waals surface area contributed by atoms with Gasteiger partial charge in [-0.3, -0.25) is 0 Å². The zero-order chi connectivity index (χ0) is 15.6. The van der Waals surface area contributed by atoms with Gasteiger partial charge in [-0.05, 0) is 72.1 Å². The highest BCUT2D eigenvalue weighted by Gasteiger charge is 2.17. The molecule has 0 radical (unpaired) electrons. The molecule has 0 aromatic rings. The minimum absolute atomic E-state index is 0.226. The summed E-state index contributed by atoms with van der Waals surface area (Å²) in [6.07, 6.45) is 14.9. The lowest BCUT2D eigenvalue weighted by atomic mass is 9.81. The third kappa shape index (κ3) is 9.83. The molecule has 0 aliphatic heterocycles. The summed E-state index contributed by atoms with van der Waals surface area (Å²) in [5.41, 5.74) is 4.54. The van der Waals surface area contributed by atoms with Crippen LogP contribution in [0.15, 0.2) is 47.6 Å². The molecule has 0 heterocycles. The summed E-state index contributed by atoms with van der Waals surface area (Å²) in [7, 11) is 0. The molecule has 0 bridgehead atoms. The molecule has 0 aliphatic rings. The Morgan fingerprint density at radius 1 is 0.900 bits per heavy atom. The Morgan fingerprint density at radius 3 is 1.95 bits per heavy atom. The van der Waals surface area contributed by atoms with Gasteiger partial charge in [0.25, 0.3) is 0 Å². The van der Waals surface area contributed by atoms with E-state index in [4.69, 9.17) is 0 Å². The van der Waals surface area contributed by atoms with Gasteiger partial charge in [-0.15, -0.1) is 6.58 Å². The molecule has 0 saturated carbocycles. The van der Waals surface area contributed by atoms with Crippen LogP contribution in [0.4, 0.5) is 0 Å². The Balaban J connectivity index is 4.36. The van der Waals surface area contributed by atoms with Crippen molar-refractivity contribution in [3.8, 4) is 0 Å². The Kier molecular flexibility index (Phi) is 9.29. The molecule has 0 saturated heterocycles. The van der Waals surface area contributed by atoms with Gasteiger partial charge in [0.2, 0.25) is 0 Å². The quantitative estimate of drug-likeness (QED) is 0.397. The fourth-order valence-electron chi connectivity index (χ4n) is 2.08. The van der Waals surface area contributed by atoms with Crippen LogP contribution in [0.5, 0.6) is 0 Å². The number of allylic oxidation sites excluding steroid dienone is 7. The third-order valence-corrected chi connectivity index (χ3v) is 3.77. The molecule has 114 valence electrons. The molecule has 1 unspecified atom stereocenters. The van der Waals surface area contributed by atoms with E-state index in [0.29, 0.717) is 0 Å². The Morgan fingerprint density at radius 2 is 1.45 bits per heavy atom. The van der Waals surface area contributed by atoms with Crippen LogP contribution >= 0.6 is 0 Å². The first-order valence-electron chi connectivity index (χ1n) is 7.85. The highest BCUT2D eigenvalue weighted by Crippen LogP contribution is 2.30. The van der Waals surface area contributed by atoms with Crippen LogP contribution in [0.1, 0.15) is 73.6 Å². The van der Waals surface area contributed by atoms with Gasteiger partial charge >= 0.3 is 0 Å². The van der Waals surface area contributed by atoms with E-state index >= 15 is 0 Å². The minimum atomic E-state index is 0.226. The lowest BCUT2D eigenvalue weighted by Gasteiger charge is -2.24. The van der Waals surface area contributed by atoms with Crippen molar-refractivity contribution in [2.75, 3.05) is 0 Å². The van der Waals surface area contributed by atoms with Crippen LogP contribution in [0.2, 0.25) is 0 Å². The molecule has 0 heteroatoms. The lowest BCUT2D eigenvalue weighted by molar-refractivity contribution is 0.400. The highest BCUT2D eigenvalue weighted by atomic mass is 14.2. The summed E-state index contributed by atoms with van der Waals surface area (Å²) in [5.74, 6) is 0. The van der Waals surface area contributed by atoms with E-state index < -0.39 is 0 Å². The van der Waals surface area contributed by atoms with E-state index in [9.17, 15) is 0 Å². The van der Waals surface area contributed by atoms with Crippen molar-refractivity contribution in [3.05, 3.63) is 47.6 Å². The maximum Gasteiger partial charge on any atom is -0.0112 e. The Bertz CT molecular complexity index is 371. The summed E-state index contributed by atoms with van der Waals surface area (Å²) in [4.78, 5) is 0. The van der Waals surface area contributed by atoms with Gasteiger partial charge in [-0.1, -0.05) is 47.9 Å². The number of hydrogen-bond donors (Lipinski definition) is 0. The smallest absolute Gasteiger partial charge is 0.0112 e. The summed E-state index contributed by atoms with van der Waals surface area (Å²) >= 11 is 0. The Labute approximate surface area is 127 Å². The molecule has 0 rings (SSSR count). The maximum absolute atomic E-state index is 4.03. The van der Waals surface area contributed by atoms with E-state index in [1.807, 2.05) is 0 Å². The second-order valence-corrected chi connectivity index (χ2v) is 6.75. The molecule has 1 atom stereocenters. The van der Waals surface area contributed by atoms with Crippen LogP contribution in [0, 0.1) is 5.41 Å². The fourth-order valence-corrected chi connectivity index (χ4v) is 2.08. The summed E-state index contributed by atoms with van der Waals surface area (Å²) in [5, 5.41) is 0. The monoisotopic (exact) mass is 274 g/mol. The van der Waals surface area contributed by atoms with Gasteiger partial charge in [-0.25, -0.2) is 0 Å². The van der Waals surface area contributed by atoms with Crippen molar-refractivity contribution in [1.29, 1.82) is 0 Å². The van der Waals surface area contributed by atoms with Crippen LogP contribution in [0.3, 0.4) is 0 Å². The number of hydrogen-bond acceptors (Lipinski definition) is 0. The second-order valence-electron chi connectivity index (χ2n) is 6.75. The molecule has 0 aromatic carbocycles. The van der Waals surface area contributed by atoms with Crippen molar-refractivity contribution in [2.45, 2.75) is 73.6 Å². The summed E-state index contributed by atoms with van der Waals surface area (Å²) in [6, 6.07) is 0. The van der Waals surface area contributed by atoms with Gasteiger partial charge in [0.05, 0.1) is 0 Å². The molecule has 20 heavy (non-hydrogen) atoms. The van der Waals surface area contributed by atoms with Gasteiger partial charge in [-0.2, -0.15) is 0 Å². The fraction of sp³-hybridized carbons (Fsp3) is 0.600.